The Morgan fingerprint density at radius 2 is 1.77 bits per heavy atom. The summed E-state index contributed by atoms with van der Waals surface area (Å²) in [5, 5.41) is 8.44. The fourth-order valence-corrected chi connectivity index (χ4v) is 1.28. The summed E-state index contributed by atoms with van der Waals surface area (Å²) in [4.78, 5) is 11.3. The minimum Gasteiger partial charge on any atom is -0.515 e. The van der Waals surface area contributed by atoms with Crippen molar-refractivity contribution in [2.24, 2.45) is 0 Å². The van der Waals surface area contributed by atoms with Gasteiger partial charge in [-0.25, -0.2) is 0 Å². The molecule has 0 saturated heterocycles. The molecule has 0 radical (unpaired) electrons. The van der Waals surface area contributed by atoms with E-state index < -0.39 is 0 Å². The van der Waals surface area contributed by atoms with Crippen LogP contribution in [0.25, 0.3) is 0 Å². The van der Waals surface area contributed by atoms with Gasteiger partial charge < -0.3 is 5.11 Å². The first-order valence-corrected chi connectivity index (χ1v) is 4.07. The molecule has 0 amide bonds. The zero-order valence-electron chi connectivity index (χ0n) is 7.74. The Labute approximate surface area is 77.5 Å². The van der Waals surface area contributed by atoms with Crippen LogP contribution in [0.15, 0.2) is 30.5 Å². The number of aryl methyl sites for hydroxylation is 2. The molecule has 1 rings (SSSR count). The van der Waals surface area contributed by atoms with Crippen molar-refractivity contribution in [3.8, 4) is 0 Å². The molecule has 0 aliphatic rings. The van der Waals surface area contributed by atoms with Gasteiger partial charge in [-0.3, -0.25) is 4.79 Å². The average molecular weight is 176 g/mol. The molecule has 0 aromatic heterocycles. The molecule has 0 fully saturated rings. The Balaban J connectivity index is 3.08. The van der Waals surface area contributed by atoms with Gasteiger partial charge in [-0.15, -0.1) is 0 Å². The predicted molar refractivity (Wildman–Crippen MR) is 52.0 cm³/mol. The third-order valence-electron chi connectivity index (χ3n) is 1.73. The highest BCUT2D eigenvalue weighted by molar-refractivity contribution is 6.04. The smallest absolute Gasteiger partial charge is 0.188 e. The molecule has 0 aliphatic carbocycles. The quantitative estimate of drug-likeness (QED) is 0.427. The van der Waals surface area contributed by atoms with Crippen LogP contribution in [0.3, 0.4) is 0 Å². The van der Waals surface area contributed by atoms with Crippen LogP contribution >= 0.6 is 0 Å². The summed E-state index contributed by atoms with van der Waals surface area (Å²) < 4.78 is 0. The van der Waals surface area contributed by atoms with E-state index in [0.29, 0.717) is 5.56 Å². The summed E-state index contributed by atoms with van der Waals surface area (Å²) >= 11 is 0. The molecule has 0 bridgehead atoms. The Morgan fingerprint density at radius 3 is 2.23 bits per heavy atom. The van der Waals surface area contributed by atoms with E-state index in [1.54, 1.807) is 12.1 Å². The molecule has 0 atom stereocenters. The summed E-state index contributed by atoms with van der Waals surface area (Å²) in [7, 11) is 0. The van der Waals surface area contributed by atoms with Crippen LogP contribution in [-0.2, 0) is 0 Å². The number of aliphatic hydroxyl groups excluding tert-OH is 1. The van der Waals surface area contributed by atoms with Crippen LogP contribution in [-0.4, -0.2) is 10.9 Å². The van der Waals surface area contributed by atoms with Gasteiger partial charge in [0, 0.05) is 11.6 Å². The van der Waals surface area contributed by atoms with Crippen LogP contribution in [0.5, 0.6) is 0 Å². The number of carbonyl (C=O) groups is 1. The summed E-state index contributed by atoms with van der Waals surface area (Å²) in [6, 6.07) is 5.60. The molecule has 0 spiro atoms. The normalized spacial score (nSPS) is 10.6. The number of benzene rings is 1. The maximum absolute atomic E-state index is 11.3. The maximum Gasteiger partial charge on any atom is 0.188 e. The van der Waals surface area contributed by atoms with Gasteiger partial charge in [0.25, 0.3) is 0 Å². The van der Waals surface area contributed by atoms with Crippen molar-refractivity contribution in [2.45, 2.75) is 13.8 Å². The molecule has 0 unspecified atom stereocenters. The van der Waals surface area contributed by atoms with E-state index in [1.165, 1.54) is 0 Å². The van der Waals surface area contributed by atoms with E-state index in [1.807, 2.05) is 19.9 Å². The van der Waals surface area contributed by atoms with Gasteiger partial charge in [0.2, 0.25) is 0 Å². The second-order valence-electron chi connectivity index (χ2n) is 3.06. The van der Waals surface area contributed by atoms with Gasteiger partial charge in [-0.2, -0.15) is 0 Å². The van der Waals surface area contributed by atoms with E-state index in [9.17, 15) is 4.79 Å². The topological polar surface area (TPSA) is 37.3 Å². The van der Waals surface area contributed by atoms with Crippen LogP contribution in [0, 0.1) is 13.8 Å². The summed E-state index contributed by atoms with van der Waals surface area (Å²) in [6.45, 7) is 3.87. The van der Waals surface area contributed by atoms with Crippen molar-refractivity contribution in [3.05, 3.63) is 47.2 Å². The van der Waals surface area contributed by atoms with Crippen molar-refractivity contribution in [2.75, 3.05) is 0 Å². The van der Waals surface area contributed by atoms with Crippen molar-refractivity contribution in [1.82, 2.24) is 0 Å². The molecule has 13 heavy (non-hydrogen) atoms. The number of hydrogen-bond acceptors (Lipinski definition) is 2. The summed E-state index contributed by atoms with van der Waals surface area (Å²) in [5.74, 6) is -0.172. The molecular weight excluding hydrogens is 164 g/mol. The maximum atomic E-state index is 11.3. The number of ketones is 1. The van der Waals surface area contributed by atoms with Gasteiger partial charge in [-0.05, 0) is 26.0 Å². The highest BCUT2D eigenvalue weighted by Crippen LogP contribution is 2.09. The highest BCUT2D eigenvalue weighted by Gasteiger charge is 2.02. The molecule has 2 nitrogen and oxygen atoms in total. The van der Waals surface area contributed by atoms with Crippen LogP contribution in [0.2, 0.25) is 0 Å². The monoisotopic (exact) mass is 176 g/mol. The van der Waals surface area contributed by atoms with Crippen molar-refractivity contribution in [3.63, 3.8) is 0 Å². The van der Waals surface area contributed by atoms with E-state index >= 15 is 0 Å². The second kappa shape index (κ2) is 3.90. The molecule has 0 heterocycles. The van der Waals surface area contributed by atoms with Crippen molar-refractivity contribution in [1.29, 1.82) is 0 Å². The molecular formula is C11H12O2. The number of hydrogen-bond donors (Lipinski definition) is 1. The summed E-state index contributed by atoms with van der Waals surface area (Å²) in [6.07, 6.45) is 1.91. The molecule has 0 saturated carbocycles. The average Bonchev–Trinajstić information content (AvgIpc) is 2.03. The Morgan fingerprint density at radius 1 is 1.23 bits per heavy atom. The van der Waals surface area contributed by atoms with Gasteiger partial charge >= 0.3 is 0 Å². The van der Waals surface area contributed by atoms with E-state index in [2.05, 4.69) is 0 Å². The third kappa shape index (κ3) is 2.44. The lowest BCUT2D eigenvalue weighted by molar-refractivity contribution is 0.104. The lowest BCUT2D eigenvalue weighted by Crippen LogP contribution is -1.95. The number of carbonyl (C=O) groups excluding carboxylic acids is 1. The minimum atomic E-state index is -0.172. The van der Waals surface area contributed by atoms with Crippen LogP contribution < -0.4 is 0 Å². The van der Waals surface area contributed by atoms with E-state index in [4.69, 9.17) is 5.11 Å². The van der Waals surface area contributed by atoms with Gasteiger partial charge in [0.1, 0.15) is 0 Å². The first-order chi connectivity index (χ1) is 6.13. The Bertz CT molecular complexity index is 331. The van der Waals surface area contributed by atoms with E-state index in [0.717, 1.165) is 23.5 Å². The molecule has 1 N–H and O–H groups in total. The minimum absolute atomic E-state index is 0.172. The lowest BCUT2D eigenvalue weighted by Gasteiger charge is -2.00. The third-order valence-corrected chi connectivity index (χ3v) is 1.73. The Hall–Kier alpha value is -1.57. The highest BCUT2D eigenvalue weighted by atomic mass is 16.2. The van der Waals surface area contributed by atoms with Crippen LogP contribution in [0.1, 0.15) is 21.5 Å². The number of rotatable bonds is 2. The van der Waals surface area contributed by atoms with E-state index in [-0.39, 0.29) is 5.78 Å². The second-order valence-corrected chi connectivity index (χ2v) is 3.06. The van der Waals surface area contributed by atoms with Gasteiger partial charge in [0.15, 0.2) is 5.78 Å². The first kappa shape index (κ1) is 9.52. The predicted octanol–water partition coefficient (Wildman–Crippen LogP) is 2.56. The first-order valence-electron chi connectivity index (χ1n) is 4.07. The van der Waals surface area contributed by atoms with Crippen molar-refractivity contribution >= 4 is 5.78 Å². The molecule has 68 valence electrons. The number of allylic oxidation sites excluding steroid dienone is 1. The zero-order valence-corrected chi connectivity index (χ0v) is 7.74. The molecule has 1 aromatic rings. The lowest BCUT2D eigenvalue weighted by atomic mass is 10.0. The largest absolute Gasteiger partial charge is 0.515 e. The fourth-order valence-electron chi connectivity index (χ4n) is 1.28. The fraction of sp³-hybridized carbons (Fsp3) is 0.182. The molecule has 0 aliphatic heterocycles. The molecule has 1 aromatic carbocycles. The SMILES string of the molecule is Cc1cc(C)cc(C(=O)/C=C/O)c1. The zero-order chi connectivity index (χ0) is 9.84. The van der Waals surface area contributed by atoms with Crippen LogP contribution in [0.4, 0.5) is 0 Å². The summed E-state index contributed by atoms with van der Waals surface area (Å²) in [5.41, 5.74) is 2.71. The van der Waals surface area contributed by atoms with Gasteiger partial charge in [-0.1, -0.05) is 17.2 Å². The molecule has 2 heteroatoms. The number of aliphatic hydroxyl groups is 1. The van der Waals surface area contributed by atoms with Gasteiger partial charge in [0.05, 0.1) is 6.26 Å². The Kier molecular flexibility index (Phi) is 2.85. The standard InChI is InChI=1S/C11H12O2/c1-8-5-9(2)7-10(6-8)11(13)3-4-12/h3-7,12H,1-2H3/b4-3+. The van der Waals surface area contributed by atoms with Crippen molar-refractivity contribution < 1.29 is 9.90 Å².